The predicted octanol–water partition coefficient (Wildman–Crippen LogP) is 9.99. The number of rotatable bonds is 33. The molecule has 2 rings (SSSR count). The zero-order valence-electron chi connectivity index (χ0n) is 33.6. The molecule has 0 amide bonds. The molecule has 1 N–H and O–H groups in total. The quantitative estimate of drug-likeness (QED) is 0.0413. The summed E-state index contributed by atoms with van der Waals surface area (Å²) >= 11 is 0. The first kappa shape index (κ1) is 48.1. The standard InChI is InChI=1S/C42H72O11S/c1-4-6-8-10-12-14-16-18-20-22-27-31-37(43)51-40-39(53-54(45,46)47)36(34-49-33-35-29-25-24-26-30-35)50-42(48-3)41(40)52-38(44)32-28-23-21-19-17-15-13-11-9-7-5-2/h24-26,29-30,36,39-42H,4-23,27-28,31-34H2,1-3H3,(H,45,46,47)/t36-,39-,40+,41-,42+/m1/s1. The summed E-state index contributed by atoms with van der Waals surface area (Å²) in [6.45, 7) is 4.42. The molecule has 0 unspecified atom stereocenters. The summed E-state index contributed by atoms with van der Waals surface area (Å²) in [6.07, 6.45) is 18.2. The first-order valence-electron chi connectivity index (χ1n) is 21.0. The van der Waals surface area contributed by atoms with Crippen molar-refractivity contribution in [2.45, 2.75) is 205 Å². The Labute approximate surface area is 326 Å². The molecule has 0 spiro atoms. The lowest BCUT2D eigenvalue weighted by molar-refractivity contribution is -0.298. The molecule has 1 aliphatic heterocycles. The highest BCUT2D eigenvalue weighted by molar-refractivity contribution is 7.80. The van der Waals surface area contributed by atoms with Crippen LogP contribution in [0.1, 0.15) is 174 Å². The average Bonchev–Trinajstić information content (AvgIpc) is 3.14. The van der Waals surface area contributed by atoms with Crippen LogP contribution in [-0.4, -0.2) is 69.3 Å². The Morgan fingerprint density at radius 3 is 1.48 bits per heavy atom. The van der Waals surface area contributed by atoms with Gasteiger partial charge in [0, 0.05) is 20.0 Å². The van der Waals surface area contributed by atoms with Crippen LogP contribution in [0.25, 0.3) is 0 Å². The van der Waals surface area contributed by atoms with E-state index in [0.29, 0.717) is 12.8 Å². The van der Waals surface area contributed by atoms with Gasteiger partial charge in [0.25, 0.3) is 0 Å². The first-order chi connectivity index (χ1) is 26.2. The first-order valence-corrected chi connectivity index (χ1v) is 22.4. The minimum atomic E-state index is -5.06. The van der Waals surface area contributed by atoms with Crippen LogP contribution in [0, 0.1) is 0 Å². The SMILES string of the molecule is CCCCCCCCCCCCCC(=O)O[C@@H]1[C@@H](OC(=O)CCCCCCCCCCCCC)[C@@H](OC)O[C@H](COCc2ccccc2)[C@H]1OS(=O)(=O)O. The lowest BCUT2D eigenvalue weighted by Crippen LogP contribution is -2.62. The van der Waals surface area contributed by atoms with E-state index in [0.717, 1.165) is 44.1 Å². The Hall–Kier alpha value is -2.09. The van der Waals surface area contributed by atoms with Crippen molar-refractivity contribution >= 4 is 22.3 Å². The molecule has 54 heavy (non-hydrogen) atoms. The van der Waals surface area contributed by atoms with Gasteiger partial charge in [-0.3, -0.25) is 14.1 Å². The highest BCUT2D eigenvalue weighted by Gasteiger charge is 2.53. The molecule has 1 saturated heterocycles. The molecule has 0 radical (unpaired) electrons. The fourth-order valence-corrected chi connectivity index (χ4v) is 7.39. The van der Waals surface area contributed by atoms with Crippen LogP contribution in [0.5, 0.6) is 0 Å². The summed E-state index contributed by atoms with van der Waals surface area (Å²) in [6, 6.07) is 9.34. The van der Waals surface area contributed by atoms with E-state index in [1.54, 1.807) is 0 Å². The van der Waals surface area contributed by atoms with Gasteiger partial charge in [-0.25, -0.2) is 4.18 Å². The number of benzene rings is 1. The number of unbranched alkanes of at least 4 members (excludes halogenated alkanes) is 20. The summed E-state index contributed by atoms with van der Waals surface area (Å²) in [5.74, 6) is -1.16. The molecule has 1 aliphatic rings. The summed E-state index contributed by atoms with van der Waals surface area (Å²) in [5, 5.41) is 0. The maximum Gasteiger partial charge on any atom is 0.397 e. The molecule has 312 valence electrons. The summed E-state index contributed by atoms with van der Waals surface area (Å²) in [4.78, 5) is 26.4. The van der Waals surface area contributed by atoms with Crippen molar-refractivity contribution in [2.24, 2.45) is 0 Å². The molecule has 0 bridgehead atoms. The molecule has 5 atom stereocenters. The number of carbonyl (C=O) groups is 2. The highest BCUT2D eigenvalue weighted by Crippen LogP contribution is 2.31. The van der Waals surface area contributed by atoms with Crippen LogP contribution >= 0.6 is 0 Å². The molecular formula is C42H72O11S. The van der Waals surface area contributed by atoms with E-state index in [-0.39, 0.29) is 26.1 Å². The minimum Gasteiger partial charge on any atom is -0.455 e. The van der Waals surface area contributed by atoms with E-state index in [9.17, 15) is 22.6 Å². The summed E-state index contributed by atoms with van der Waals surface area (Å²) < 4.78 is 68.2. The molecule has 11 nitrogen and oxygen atoms in total. The second-order valence-corrected chi connectivity index (χ2v) is 15.8. The van der Waals surface area contributed by atoms with Crippen molar-refractivity contribution in [2.75, 3.05) is 13.7 Å². The van der Waals surface area contributed by atoms with Gasteiger partial charge in [-0.05, 0) is 18.4 Å². The number of methoxy groups -OCH3 is 1. The van der Waals surface area contributed by atoms with Crippen LogP contribution in [0.2, 0.25) is 0 Å². The fraction of sp³-hybridized carbons (Fsp3) is 0.810. The maximum atomic E-state index is 13.3. The minimum absolute atomic E-state index is 0.0825. The van der Waals surface area contributed by atoms with Crippen LogP contribution in [-0.2, 0) is 54.5 Å². The van der Waals surface area contributed by atoms with Crippen molar-refractivity contribution < 1.29 is 50.4 Å². The number of esters is 2. The van der Waals surface area contributed by atoms with Crippen LogP contribution < -0.4 is 0 Å². The largest absolute Gasteiger partial charge is 0.455 e. The van der Waals surface area contributed by atoms with Crippen molar-refractivity contribution in [3.8, 4) is 0 Å². The second kappa shape index (κ2) is 30.1. The van der Waals surface area contributed by atoms with E-state index >= 15 is 0 Å². The van der Waals surface area contributed by atoms with Gasteiger partial charge < -0.3 is 23.7 Å². The highest BCUT2D eigenvalue weighted by atomic mass is 32.3. The number of carbonyl (C=O) groups excluding carboxylic acids is 2. The second-order valence-electron chi connectivity index (χ2n) is 14.7. The third-order valence-corrected chi connectivity index (χ3v) is 10.4. The lowest BCUT2D eigenvalue weighted by Gasteiger charge is -2.43. The van der Waals surface area contributed by atoms with Gasteiger partial charge in [-0.15, -0.1) is 0 Å². The van der Waals surface area contributed by atoms with E-state index in [2.05, 4.69) is 13.8 Å². The van der Waals surface area contributed by atoms with Gasteiger partial charge in [-0.2, -0.15) is 8.42 Å². The Morgan fingerprint density at radius 2 is 1.06 bits per heavy atom. The Bertz CT molecular complexity index is 1200. The van der Waals surface area contributed by atoms with Crippen LogP contribution in [0.4, 0.5) is 0 Å². The molecule has 0 aromatic heterocycles. The van der Waals surface area contributed by atoms with Crippen molar-refractivity contribution in [1.82, 2.24) is 0 Å². The van der Waals surface area contributed by atoms with E-state index in [1.807, 2.05) is 30.3 Å². The van der Waals surface area contributed by atoms with Gasteiger partial charge in [0.05, 0.1) is 13.2 Å². The molecule has 1 aromatic carbocycles. The average molecular weight is 785 g/mol. The van der Waals surface area contributed by atoms with Gasteiger partial charge >= 0.3 is 22.3 Å². The maximum absolute atomic E-state index is 13.3. The van der Waals surface area contributed by atoms with Gasteiger partial charge in [0.1, 0.15) is 12.2 Å². The number of hydrogen-bond acceptors (Lipinski definition) is 10. The Morgan fingerprint density at radius 1 is 0.630 bits per heavy atom. The van der Waals surface area contributed by atoms with Crippen molar-refractivity contribution in [3.63, 3.8) is 0 Å². The molecule has 1 fully saturated rings. The normalized spacial score (nSPS) is 20.2. The van der Waals surface area contributed by atoms with Gasteiger partial charge in [0.2, 0.25) is 0 Å². The molecular weight excluding hydrogens is 713 g/mol. The monoisotopic (exact) mass is 784 g/mol. The van der Waals surface area contributed by atoms with E-state index in [1.165, 1.54) is 97.0 Å². The van der Waals surface area contributed by atoms with Crippen LogP contribution in [0.3, 0.4) is 0 Å². The molecule has 0 saturated carbocycles. The van der Waals surface area contributed by atoms with Crippen molar-refractivity contribution in [3.05, 3.63) is 35.9 Å². The van der Waals surface area contributed by atoms with Gasteiger partial charge in [0.15, 0.2) is 18.5 Å². The Kier molecular flexibility index (Phi) is 26.8. The van der Waals surface area contributed by atoms with Crippen molar-refractivity contribution in [1.29, 1.82) is 0 Å². The summed E-state index contributed by atoms with van der Waals surface area (Å²) in [7, 11) is -3.71. The molecule has 12 heteroatoms. The number of hydrogen-bond donors (Lipinski definition) is 1. The third kappa shape index (κ3) is 22.5. The fourth-order valence-electron chi connectivity index (χ4n) is 6.87. The molecule has 0 aliphatic carbocycles. The molecule has 1 aromatic rings. The van der Waals surface area contributed by atoms with Gasteiger partial charge in [-0.1, -0.05) is 173 Å². The summed E-state index contributed by atoms with van der Waals surface area (Å²) in [5.41, 5.74) is 0.869. The van der Waals surface area contributed by atoms with E-state index in [4.69, 9.17) is 27.9 Å². The topological polar surface area (TPSA) is 144 Å². The molecule has 1 heterocycles. The zero-order valence-corrected chi connectivity index (χ0v) is 34.4. The van der Waals surface area contributed by atoms with E-state index < -0.39 is 53.0 Å². The smallest absolute Gasteiger partial charge is 0.397 e. The Balaban J connectivity index is 2.01. The third-order valence-electron chi connectivity index (χ3n) is 9.95. The number of ether oxygens (including phenoxy) is 5. The predicted molar refractivity (Wildman–Crippen MR) is 210 cm³/mol. The van der Waals surface area contributed by atoms with Crippen LogP contribution in [0.15, 0.2) is 30.3 Å². The zero-order chi connectivity index (χ0) is 39.3. The lowest BCUT2D eigenvalue weighted by atomic mass is 9.98.